The van der Waals surface area contributed by atoms with Gasteiger partial charge in [0.05, 0.1) is 12.0 Å². The van der Waals surface area contributed by atoms with E-state index in [4.69, 9.17) is 5.11 Å². The number of carboxylic acids is 1. The van der Waals surface area contributed by atoms with E-state index < -0.39 is 5.97 Å². The van der Waals surface area contributed by atoms with Crippen LogP contribution < -0.4 is 10.6 Å². The molecule has 0 heterocycles. The maximum atomic E-state index is 12.5. The summed E-state index contributed by atoms with van der Waals surface area (Å²) in [7, 11) is 0. The van der Waals surface area contributed by atoms with E-state index in [1.165, 1.54) is 0 Å². The zero-order valence-corrected chi connectivity index (χ0v) is 15.4. The van der Waals surface area contributed by atoms with Gasteiger partial charge in [-0.1, -0.05) is 51.1 Å². The van der Waals surface area contributed by atoms with Crippen molar-refractivity contribution in [3.63, 3.8) is 0 Å². The monoisotopic (exact) mass is 346 g/mol. The van der Waals surface area contributed by atoms with Gasteiger partial charge in [-0.2, -0.15) is 0 Å². The summed E-state index contributed by atoms with van der Waals surface area (Å²) >= 11 is 0. The van der Waals surface area contributed by atoms with Gasteiger partial charge in [-0.15, -0.1) is 0 Å². The molecule has 1 aliphatic rings. The molecule has 2 rings (SSSR count). The SMILES string of the molecule is CC(C)(C)CC(NC(=O)NC1CCC(C(=O)O)CC1)c1ccccc1. The van der Waals surface area contributed by atoms with E-state index in [9.17, 15) is 9.59 Å². The first kappa shape index (κ1) is 19.3. The summed E-state index contributed by atoms with van der Waals surface area (Å²) in [6, 6.07) is 9.85. The molecule has 1 saturated carbocycles. The van der Waals surface area contributed by atoms with Crippen molar-refractivity contribution >= 4 is 12.0 Å². The minimum atomic E-state index is -0.725. The fourth-order valence-electron chi connectivity index (χ4n) is 3.42. The van der Waals surface area contributed by atoms with Crippen LogP contribution in [0, 0.1) is 11.3 Å². The molecule has 138 valence electrons. The molecule has 2 amide bonds. The molecule has 0 aliphatic heterocycles. The normalized spacial score (nSPS) is 22.0. The Hall–Kier alpha value is -2.04. The molecule has 25 heavy (non-hydrogen) atoms. The summed E-state index contributed by atoms with van der Waals surface area (Å²) in [5.41, 5.74) is 1.19. The zero-order chi connectivity index (χ0) is 18.4. The Balaban J connectivity index is 1.92. The maximum Gasteiger partial charge on any atom is 0.315 e. The number of carboxylic acid groups (broad SMARTS) is 1. The fourth-order valence-corrected chi connectivity index (χ4v) is 3.42. The van der Waals surface area contributed by atoms with Crippen LogP contribution in [0.15, 0.2) is 30.3 Å². The number of nitrogens with one attached hydrogen (secondary N) is 2. The van der Waals surface area contributed by atoms with Crippen LogP contribution in [0.4, 0.5) is 4.79 Å². The molecule has 1 aliphatic carbocycles. The predicted octanol–water partition coefficient (Wildman–Crippen LogP) is 4.11. The molecule has 1 fully saturated rings. The van der Waals surface area contributed by atoms with Crippen LogP contribution in [0.3, 0.4) is 0 Å². The second kappa shape index (κ2) is 8.37. The minimum Gasteiger partial charge on any atom is -0.481 e. The van der Waals surface area contributed by atoms with E-state index in [0.717, 1.165) is 24.8 Å². The van der Waals surface area contributed by atoms with Gasteiger partial charge in [-0.05, 0) is 43.1 Å². The number of rotatable bonds is 5. The highest BCUT2D eigenvalue weighted by molar-refractivity contribution is 5.75. The number of hydrogen-bond acceptors (Lipinski definition) is 2. The zero-order valence-electron chi connectivity index (χ0n) is 15.4. The number of aliphatic carboxylic acids is 1. The average Bonchev–Trinajstić information content (AvgIpc) is 2.54. The third-order valence-corrected chi connectivity index (χ3v) is 4.74. The van der Waals surface area contributed by atoms with Crippen LogP contribution in [-0.4, -0.2) is 23.1 Å². The number of benzene rings is 1. The van der Waals surface area contributed by atoms with Crippen molar-refractivity contribution in [2.45, 2.75) is 65.0 Å². The molecule has 1 unspecified atom stereocenters. The van der Waals surface area contributed by atoms with Crippen molar-refractivity contribution in [1.29, 1.82) is 0 Å². The summed E-state index contributed by atoms with van der Waals surface area (Å²) in [5.74, 6) is -0.990. The summed E-state index contributed by atoms with van der Waals surface area (Å²) in [6.45, 7) is 6.49. The maximum absolute atomic E-state index is 12.5. The molecule has 1 aromatic carbocycles. The highest BCUT2D eigenvalue weighted by atomic mass is 16.4. The Labute approximate surface area is 150 Å². The fraction of sp³-hybridized carbons (Fsp3) is 0.600. The van der Waals surface area contributed by atoms with Gasteiger partial charge in [-0.3, -0.25) is 4.79 Å². The largest absolute Gasteiger partial charge is 0.481 e. The van der Waals surface area contributed by atoms with E-state index in [1.807, 2.05) is 30.3 Å². The summed E-state index contributed by atoms with van der Waals surface area (Å²) in [4.78, 5) is 23.5. The third kappa shape index (κ3) is 6.40. The first-order valence-electron chi connectivity index (χ1n) is 9.09. The molecule has 0 bridgehead atoms. The lowest BCUT2D eigenvalue weighted by Gasteiger charge is -2.30. The van der Waals surface area contributed by atoms with Crippen LogP contribution >= 0.6 is 0 Å². The van der Waals surface area contributed by atoms with Gasteiger partial charge >= 0.3 is 12.0 Å². The van der Waals surface area contributed by atoms with Gasteiger partial charge < -0.3 is 15.7 Å². The summed E-state index contributed by atoms with van der Waals surface area (Å²) in [5, 5.41) is 15.2. The van der Waals surface area contributed by atoms with Gasteiger partial charge in [0.2, 0.25) is 0 Å². The second-order valence-electron chi connectivity index (χ2n) is 8.23. The molecular weight excluding hydrogens is 316 g/mol. The smallest absolute Gasteiger partial charge is 0.315 e. The molecule has 5 nitrogen and oxygen atoms in total. The van der Waals surface area contributed by atoms with E-state index in [-0.39, 0.29) is 29.4 Å². The topological polar surface area (TPSA) is 78.4 Å². The van der Waals surface area contributed by atoms with E-state index in [0.29, 0.717) is 12.8 Å². The Morgan fingerprint density at radius 2 is 1.72 bits per heavy atom. The lowest BCUT2D eigenvalue weighted by Crippen LogP contribution is -2.45. The van der Waals surface area contributed by atoms with Gasteiger partial charge in [0.25, 0.3) is 0 Å². The Kier molecular flexibility index (Phi) is 6.45. The molecule has 1 atom stereocenters. The molecular formula is C20H30N2O3. The van der Waals surface area contributed by atoms with Crippen molar-refractivity contribution in [3.8, 4) is 0 Å². The minimum absolute atomic E-state index is 0.0449. The van der Waals surface area contributed by atoms with Crippen molar-refractivity contribution < 1.29 is 14.7 Å². The van der Waals surface area contributed by atoms with Crippen LogP contribution in [0.2, 0.25) is 0 Å². The quantitative estimate of drug-likeness (QED) is 0.751. The van der Waals surface area contributed by atoms with Crippen molar-refractivity contribution in [3.05, 3.63) is 35.9 Å². The lowest BCUT2D eigenvalue weighted by atomic mass is 9.85. The molecule has 0 spiro atoms. The molecule has 3 N–H and O–H groups in total. The van der Waals surface area contributed by atoms with E-state index in [1.54, 1.807) is 0 Å². The van der Waals surface area contributed by atoms with Crippen LogP contribution in [0.25, 0.3) is 0 Å². The lowest BCUT2D eigenvalue weighted by molar-refractivity contribution is -0.142. The van der Waals surface area contributed by atoms with Crippen LogP contribution in [0.1, 0.15) is 64.5 Å². The van der Waals surface area contributed by atoms with Crippen molar-refractivity contribution in [2.24, 2.45) is 11.3 Å². The Morgan fingerprint density at radius 3 is 2.24 bits per heavy atom. The van der Waals surface area contributed by atoms with Gasteiger partial charge in [0.1, 0.15) is 0 Å². The van der Waals surface area contributed by atoms with Crippen molar-refractivity contribution in [2.75, 3.05) is 0 Å². The van der Waals surface area contributed by atoms with Gasteiger partial charge in [0.15, 0.2) is 0 Å². The first-order valence-corrected chi connectivity index (χ1v) is 9.09. The standard InChI is InChI=1S/C20H30N2O3/c1-20(2,3)13-17(14-7-5-4-6-8-14)22-19(25)21-16-11-9-15(10-12-16)18(23)24/h4-8,15-17H,9-13H2,1-3H3,(H,23,24)(H2,21,22,25). The molecule has 5 heteroatoms. The van der Waals surface area contributed by atoms with Crippen LogP contribution in [-0.2, 0) is 4.79 Å². The number of hydrogen-bond donors (Lipinski definition) is 3. The van der Waals surface area contributed by atoms with Gasteiger partial charge in [-0.25, -0.2) is 4.79 Å². The molecule has 1 aromatic rings. The molecule has 0 aromatic heterocycles. The number of amides is 2. The number of carbonyl (C=O) groups is 2. The Bertz CT molecular complexity index is 572. The van der Waals surface area contributed by atoms with E-state index in [2.05, 4.69) is 31.4 Å². The third-order valence-electron chi connectivity index (χ3n) is 4.74. The first-order chi connectivity index (χ1) is 11.7. The molecule has 0 saturated heterocycles. The van der Waals surface area contributed by atoms with Gasteiger partial charge in [0, 0.05) is 6.04 Å². The number of carbonyl (C=O) groups excluding carboxylic acids is 1. The highest BCUT2D eigenvalue weighted by Gasteiger charge is 2.28. The van der Waals surface area contributed by atoms with Crippen molar-refractivity contribution in [1.82, 2.24) is 10.6 Å². The number of urea groups is 1. The molecule has 0 radical (unpaired) electrons. The van der Waals surface area contributed by atoms with Crippen LogP contribution in [0.5, 0.6) is 0 Å². The average molecular weight is 346 g/mol. The van der Waals surface area contributed by atoms with E-state index >= 15 is 0 Å². The summed E-state index contributed by atoms with van der Waals surface area (Å²) < 4.78 is 0. The summed E-state index contributed by atoms with van der Waals surface area (Å²) in [6.07, 6.45) is 3.55. The highest BCUT2D eigenvalue weighted by Crippen LogP contribution is 2.29. The second-order valence-corrected chi connectivity index (χ2v) is 8.23. The Morgan fingerprint density at radius 1 is 1.12 bits per heavy atom. The predicted molar refractivity (Wildman–Crippen MR) is 98.3 cm³/mol.